The highest BCUT2D eigenvalue weighted by Crippen LogP contribution is 2.53. The Morgan fingerprint density at radius 3 is 1.90 bits per heavy atom. The predicted molar refractivity (Wildman–Crippen MR) is 181 cm³/mol. The highest BCUT2D eigenvalue weighted by molar-refractivity contribution is 6.21. The molecule has 3 aromatic carbocycles. The molecule has 278 valence electrons. The van der Waals surface area contributed by atoms with E-state index in [9.17, 15) is 34.8 Å². The van der Waals surface area contributed by atoms with Gasteiger partial charge in [-0.25, -0.2) is 9.59 Å². The topological polar surface area (TPSA) is 206 Å². The fraction of sp³-hybridized carbons (Fsp3) is 0.472. The zero-order valence-corrected chi connectivity index (χ0v) is 29.7. The molecule has 15 nitrogen and oxygen atoms in total. The zero-order valence-electron chi connectivity index (χ0n) is 29.7. The van der Waals surface area contributed by atoms with Crippen LogP contribution >= 0.6 is 0 Å². The Labute approximate surface area is 294 Å². The van der Waals surface area contributed by atoms with E-state index in [2.05, 4.69) is 0 Å². The van der Waals surface area contributed by atoms with Crippen molar-refractivity contribution in [1.29, 1.82) is 0 Å². The SMILES string of the molecule is CCC(CC)CC(=O)c1c(C(=O)OC)c(-c2ccc(OC)c(OC)c2)c2c(OC)c(OC)c(OC)cc2c1O[C@@H]1O[C@H](C(=O)O)[C@@H](O)[C@H](O)[C@H]1O. The van der Waals surface area contributed by atoms with Crippen molar-refractivity contribution in [2.45, 2.75) is 63.8 Å². The summed E-state index contributed by atoms with van der Waals surface area (Å²) in [5, 5.41) is 42.0. The lowest BCUT2D eigenvalue weighted by molar-refractivity contribution is -0.270. The Bertz CT molecular complexity index is 1770. The number of ketones is 1. The van der Waals surface area contributed by atoms with Crippen molar-refractivity contribution < 1.29 is 72.7 Å². The van der Waals surface area contributed by atoms with Crippen LogP contribution in [0.2, 0.25) is 0 Å². The molecule has 51 heavy (non-hydrogen) atoms. The molecule has 5 atom stereocenters. The van der Waals surface area contributed by atoms with Crippen molar-refractivity contribution in [2.75, 3.05) is 42.7 Å². The smallest absolute Gasteiger partial charge is 0.339 e. The van der Waals surface area contributed by atoms with Crippen LogP contribution in [-0.4, -0.2) is 112 Å². The zero-order chi connectivity index (χ0) is 37.7. The van der Waals surface area contributed by atoms with Crippen molar-refractivity contribution in [3.05, 3.63) is 35.4 Å². The average molecular weight is 717 g/mol. The lowest BCUT2D eigenvalue weighted by atomic mass is 9.84. The van der Waals surface area contributed by atoms with E-state index in [0.29, 0.717) is 24.2 Å². The van der Waals surface area contributed by atoms with E-state index in [1.54, 1.807) is 18.2 Å². The Morgan fingerprint density at radius 1 is 0.745 bits per heavy atom. The minimum atomic E-state index is -2.03. The number of carboxylic acids is 1. The lowest BCUT2D eigenvalue weighted by Gasteiger charge is -2.39. The number of esters is 1. The van der Waals surface area contributed by atoms with Gasteiger partial charge in [0.15, 0.2) is 34.9 Å². The molecule has 0 amide bonds. The van der Waals surface area contributed by atoms with Gasteiger partial charge < -0.3 is 58.3 Å². The molecular weight excluding hydrogens is 672 g/mol. The van der Waals surface area contributed by atoms with Crippen LogP contribution in [0.1, 0.15) is 53.8 Å². The van der Waals surface area contributed by atoms with Crippen LogP contribution in [0.5, 0.6) is 34.5 Å². The van der Waals surface area contributed by atoms with E-state index in [1.165, 1.54) is 41.6 Å². The number of carbonyl (C=O) groups is 3. The molecule has 4 N–H and O–H groups in total. The number of ether oxygens (including phenoxy) is 8. The number of fused-ring (bicyclic) bond motifs is 1. The molecule has 1 aliphatic heterocycles. The summed E-state index contributed by atoms with van der Waals surface area (Å²) in [6, 6.07) is 6.29. The van der Waals surface area contributed by atoms with Gasteiger partial charge >= 0.3 is 11.9 Å². The summed E-state index contributed by atoms with van der Waals surface area (Å²) in [5.41, 5.74) is -0.0667. The molecule has 1 heterocycles. The largest absolute Gasteiger partial charge is 0.493 e. The number of hydrogen-bond acceptors (Lipinski definition) is 14. The van der Waals surface area contributed by atoms with Gasteiger partial charge in [0.05, 0.1) is 53.8 Å². The molecular formula is C36H44O15. The van der Waals surface area contributed by atoms with Gasteiger partial charge in [-0.3, -0.25) is 4.79 Å². The van der Waals surface area contributed by atoms with E-state index >= 15 is 0 Å². The fourth-order valence-corrected chi connectivity index (χ4v) is 6.26. The second kappa shape index (κ2) is 16.5. The van der Waals surface area contributed by atoms with Gasteiger partial charge in [-0.05, 0) is 29.7 Å². The number of benzene rings is 3. The minimum absolute atomic E-state index is 0.0367. The first-order valence-corrected chi connectivity index (χ1v) is 16.1. The van der Waals surface area contributed by atoms with Crippen LogP contribution in [0.4, 0.5) is 0 Å². The normalized spacial score (nSPS) is 20.1. The number of Topliss-reactive ketones (excluding diaryl/α,β-unsaturated/α-hetero) is 1. The van der Waals surface area contributed by atoms with Gasteiger partial charge in [0.25, 0.3) is 0 Å². The molecule has 1 fully saturated rings. The maximum absolute atomic E-state index is 14.6. The van der Waals surface area contributed by atoms with Crippen molar-refractivity contribution >= 4 is 28.5 Å². The maximum atomic E-state index is 14.6. The standard InChI is InChI=1S/C36H44O15/c1-9-16(10-2)13-19(37)25-26(35(43)49-8)23(17-11-12-20(44-3)21(14-17)45-4)24-18(15-22(46-5)31(47-6)32(24)48-7)30(25)50-36-29(40)27(38)28(39)33(51-36)34(41)42/h11-12,14-16,27-29,33,36,38-40H,9-10,13H2,1-8H3,(H,41,42)/t27-,28-,29+,33-,36+/m0/s1. The molecule has 0 saturated carbocycles. The second-order valence-electron chi connectivity index (χ2n) is 11.7. The first-order chi connectivity index (χ1) is 24.4. The Balaban J connectivity index is 2.29. The molecule has 4 rings (SSSR count). The Kier molecular flexibility index (Phi) is 12.6. The van der Waals surface area contributed by atoms with Crippen molar-refractivity contribution in [3.8, 4) is 45.6 Å². The summed E-state index contributed by atoms with van der Waals surface area (Å²) >= 11 is 0. The van der Waals surface area contributed by atoms with Crippen LogP contribution in [0.15, 0.2) is 24.3 Å². The Hall–Kier alpha value is -4.83. The molecule has 3 aromatic rings. The van der Waals surface area contributed by atoms with Gasteiger partial charge in [0, 0.05) is 22.8 Å². The van der Waals surface area contributed by atoms with E-state index in [0.717, 1.165) is 7.11 Å². The van der Waals surface area contributed by atoms with E-state index in [1.807, 2.05) is 13.8 Å². The molecule has 1 saturated heterocycles. The monoisotopic (exact) mass is 716 g/mol. The van der Waals surface area contributed by atoms with Gasteiger partial charge in [-0.15, -0.1) is 0 Å². The van der Waals surface area contributed by atoms with Crippen molar-refractivity contribution in [2.24, 2.45) is 5.92 Å². The number of methoxy groups -OCH3 is 6. The summed E-state index contributed by atoms with van der Waals surface area (Å²) in [5.74, 6) is -2.73. The number of carbonyl (C=O) groups excluding carboxylic acids is 2. The van der Waals surface area contributed by atoms with Crippen LogP contribution in [0.3, 0.4) is 0 Å². The molecule has 0 aromatic heterocycles. The summed E-state index contributed by atoms with van der Waals surface area (Å²) in [6.45, 7) is 3.84. The van der Waals surface area contributed by atoms with E-state index in [-0.39, 0.29) is 68.5 Å². The molecule has 0 unspecified atom stereocenters. The molecule has 0 aliphatic carbocycles. The summed E-state index contributed by atoms with van der Waals surface area (Å²) in [6.07, 6.45) is -8.88. The molecule has 0 bridgehead atoms. The van der Waals surface area contributed by atoms with E-state index in [4.69, 9.17) is 37.9 Å². The molecule has 1 aliphatic rings. The first-order valence-electron chi connectivity index (χ1n) is 16.1. The second-order valence-corrected chi connectivity index (χ2v) is 11.7. The molecule has 0 radical (unpaired) electrons. The predicted octanol–water partition coefficient (Wildman–Crippen LogP) is 3.62. The van der Waals surface area contributed by atoms with Crippen LogP contribution < -0.4 is 28.4 Å². The third kappa shape index (κ3) is 7.19. The van der Waals surface area contributed by atoms with Crippen LogP contribution in [0, 0.1) is 5.92 Å². The molecule has 15 heteroatoms. The summed E-state index contributed by atoms with van der Waals surface area (Å²) in [4.78, 5) is 40.7. The lowest BCUT2D eigenvalue weighted by Crippen LogP contribution is -2.61. The van der Waals surface area contributed by atoms with Crippen LogP contribution in [0.25, 0.3) is 21.9 Å². The average Bonchev–Trinajstić information content (AvgIpc) is 3.14. The van der Waals surface area contributed by atoms with E-state index < -0.39 is 48.4 Å². The maximum Gasteiger partial charge on any atom is 0.339 e. The van der Waals surface area contributed by atoms with Gasteiger partial charge in [0.1, 0.15) is 24.1 Å². The first kappa shape index (κ1) is 39.0. The number of aliphatic hydroxyl groups is 3. The number of hydrogen-bond donors (Lipinski definition) is 4. The quantitative estimate of drug-likeness (QED) is 0.131. The number of aliphatic hydroxyl groups excluding tert-OH is 3. The number of aliphatic carboxylic acids is 1. The number of rotatable bonds is 15. The molecule has 0 spiro atoms. The number of carboxylic acid groups (broad SMARTS) is 1. The summed E-state index contributed by atoms with van der Waals surface area (Å²) in [7, 11) is 8.12. The van der Waals surface area contributed by atoms with Gasteiger partial charge in [-0.1, -0.05) is 32.8 Å². The van der Waals surface area contributed by atoms with Gasteiger partial charge in [0.2, 0.25) is 12.0 Å². The third-order valence-corrected chi connectivity index (χ3v) is 9.07. The van der Waals surface area contributed by atoms with Crippen molar-refractivity contribution in [1.82, 2.24) is 0 Å². The minimum Gasteiger partial charge on any atom is -0.493 e. The highest BCUT2D eigenvalue weighted by atomic mass is 16.7. The highest BCUT2D eigenvalue weighted by Gasteiger charge is 2.49. The Morgan fingerprint density at radius 2 is 1.37 bits per heavy atom. The van der Waals surface area contributed by atoms with Crippen molar-refractivity contribution in [3.63, 3.8) is 0 Å². The van der Waals surface area contributed by atoms with Crippen LogP contribution in [-0.2, 0) is 14.3 Å². The third-order valence-electron chi connectivity index (χ3n) is 9.07. The summed E-state index contributed by atoms with van der Waals surface area (Å²) < 4.78 is 45.2. The fourth-order valence-electron chi connectivity index (χ4n) is 6.26. The van der Waals surface area contributed by atoms with Gasteiger partial charge in [-0.2, -0.15) is 0 Å².